The summed E-state index contributed by atoms with van der Waals surface area (Å²) in [7, 11) is 1.38. The van der Waals surface area contributed by atoms with Crippen LogP contribution in [0, 0.1) is 27.7 Å². The minimum Gasteiger partial charge on any atom is -0.479 e. The maximum absolute atomic E-state index is 13.2. The molecule has 0 spiro atoms. The number of aromatic nitrogens is 10. The van der Waals surface area contributed by atoms with Gasteiger partial charge in [-0.2, -0.15) is 9.36 Å². The predicted molar refractivity (Wildman–Crippen MR) is 261 cm³/mol. The van der Waals surface area contributed by atoms with E-state index in [2.05, 4.69) is 59.2 Å². The maximum Gasteiger partial charge on any atom is 0.339 e. The second-order valence-electron chi connectivity index (χ2n) is 18.9. The van der Waals surface area contributed by atoms with Crippen LogP contribution in [0.5, 0.6) is 0 Å². The third kappa shape index (κ3) is 8.22. The van der Waals surface area contributed by atoms with Crippen molar-refractivity contribution in [3.8, 4) is 33.6 Å². The fourth-order valence-electron chi connectivity index (χ4n) is 9.47. The number of hydrogen-bond acceptors (Lipinski definition) is 11. The Balaban J connectivity index is 0.000000181. The zero-order valence-corrected chi connectivity index (χ0v) is 40.6. The first kappa shape index (κ1) is 48.0. The molecule has 6 heterocycles. The molecule has 0 saturated heterocycles. The first-order chi connectivity index (χ1) is 31.7. The van der Waals surface area contributed by atoms with Gasteiger partial charge in [0.2, 0.25) is 0 Å². The molecular weight excluding hydrogens is 908 g/mol. The Bertz CT molecular complexity index is 3280. The summed E-state index contributed by atoms with van der Waals surface area (Å²) in [4.78, 5) is 25.8. The highest BCUT2D eigenvalue weighted by Gasteiger charge is 2.38. The highest BCUT2D eigenvalue weighted by atomic mass is 35.5. The third-order valence-electron chi connectivity index (χ3n) is 12.1. The van der Waals surface area contributed by atoms with Crippen LogP contribution in [0.4, 0.5) is 0 Å². The lowest BCUT2D eigenvalue weighted by atomic mass is 9.87. The van der Waals surface area contributed by atoms with Gasteiger partial charge in [-0.3, -0.25) is 0 Å². The Morgan fingerprint density at radius 3 is 1.40 bits per heavy atom. The molecule has 0 amide bonds. The van der Waals surface area contributed by atoms with Crippen molar-refractivity contribution >= 4 is 56.9 Å². The minimum atomic E-state index is -1.19. The molecule has 1 N–H and O–H groups in total. The number of esters is 1. The van der Waals surface area contributed by atoms with Gasteiger partial charge in [0, 0.05) is 43.3 Å². The molecule has 0 radical (unpaired) electrons. The van der Waals surface area contributed by atoms with Crippen LogP contribution in [0.15, 0.2) is 60.7 Å². The van der Waals surface area contributed by atoms with Gasteiger partial charge in [0.05, 0.1) is 53.8 Å². The molecule has 0 saturated carbocycles. The van der Waals surface area contributed by atoms with Crippen molar-refractivity contribution in [2.75, 3.05) is 7.11 Å². The molecule has 4 aromatic heterocycles. The van der Waals surface area contributed by atoms with Gasteiger partial charge in [0.25, 0.3) is 0 Å². The third-order valence-corrected chi connectivity index (χ3v) is 12.6. The Morgan fingerprint density at radius 1 is 0.647 bits per heavy atom. The molecule has 8 aromatic rings. The van der Waals surface area contributed by atoms with E-state index in [1.165, 1.54) is 7.11 Å². The molecule has 0 fully saturated rings. The van der Waals surface area contributed by atoms with Gasteiger partial charge in [-0.1, -0.05) is 54.9 Å². The molecule has 68 heavy (non-hydrogen) atoms. The van der Waals surface area contributed by atoms with Gasteiger partial charge in [-0.25, -0.2) is 9.59 Å². The van der Waals surface area contributed by atoms with Crippen molar-refractivity contribution in [2.24, 2.45) is 0 Å². The number of tetrazole rings is 2. The number of hydrogen-bond donors (Lipinski definition) is 1. The zero-order valence-electron chi connectivity index (χ0n) is 39.1. The quantitative estimate of drug-likeness (QED) is 0.143. The number of carbonyl (C=O) groups is 2. The zero-order chi connectivity index (χ0) is 48.0. The fourth-order valence-corrected chi connectivity index (χ4v) is 9.72. The number of rotatable bonds is 8. The van der Waals surface area contributed by atoms with Crippen LogP contribution in [0.25, 0.3) is 55.4 Å². The number of halogens is 2. The normalized spacial score (nSPS) is 13.6. The summed E-state index contributed by atoms with van der Waals surface area (Å²) < 4.78 is 25.6. The molecule has 4 aromatic carbocycles. The lowest BCUT2D eigenvalue weighted by Crippen LogP contribution is -2.30. The molecule has 0 bridgehead atoms. The molecule has 0 unspecified atom stereocenters. The molecule has 2 aliphatic heterocycles. The Labute approximate surface area is 403 Å². The van der Waals surface area contributed by atoms with Crippen molar-refractivity contribution in [1.29, 1.82) is 0 Å². The number of ether oxygens (including phenoxy) is 3. The highest BCUT2D eigenvalue weighted by Crippen LogP contribution is 2.48. The van der Waals surface area contributed by atoms with E-state index in [1.54, 1.807) is 9.36 Å². The van der Waals surface area contributed by atoms with E-state index in [0.29, 0.717) is 34.5 Å². The van der Waals surface area contributed by atoms with Gasteiger partial charge in [-0.05, 0) is 160 Å². The van der Waals surface area contributed by atoms with Gasteiger partial charge < -0.3 is 28.5 Å². The van der Waals surface area contributed by atoms with Crippen LogP contribution in [0.2, 0.25) is 10.0 Å². The molecule has 18 heteroatoms. The Hall–Kier alpha value is -6.46. The molecule has 2 aliphatic rings. The van der Waals surface area contributed by atoms with Crippen LogP contribution in [0.3, 0.4) is 0 Å². The number of fused-ring (bicyclic) bond motifs is 4. The SMILES string of the molecule is C.COC(=O)[C@@H](OC(C)(C)C)c1c(C)c2c3c(cc(C)n3Cc3nnnn3-2)c1-c1ccc(Cl)cc1.Cc1c([C@H](OC(C)(C)C)C(=O)O)c(-c2ccc(Cl)cc2)c2cc(C)n3c2c1-n1nnnc1C3. The average Bonchev–Trinajstić information content (AvgIpc) is 4.07. The first-order valence-electron chi connectivity index (χ1n) is 21.7. The summed E-state index contributed by atoms with van der Waals surface area (Å²) >= 11 is 12.4. The van der Waals surface area contributed by atoms with Crippen LogP contribution < -0.4 is 0 Å². The van der Waals surface area contributed by atoms with Gasteiger partial charge in [0.15, 0.2) is 23.9 Å². The molecule has 2 atom stereocenters. The van der Waals surface area contributed by atoms with Crippen molar-refractivity contribution in [3.63, 3.8) is 0 Å². The van der Waals surface area contributed by atoms with Gasteiger partial charge in [0.1, 0.15) is 0 Å². The van der Waals surface area contributed by atoms with E-state index in [9.17, 15) is 14.7 Å². The van der Waals surface area contributed by atoms with Crippen LogP contribution in [0.1, 0.15) is 106 Å². The van der Waals surface area contributed by atoms with Crippen LogP contribution in [-0.4, -0.2) is 84.9 Å². The van der Waals surface area contributed by atoms with Gasteiger partial charge in [-0.15, -0.1) is 10.2 Å². The van der Waals surface area contributed by atoms with E-state index in [-0.39, 0.29) is 7.43 Å². The number of methoxy groups -OCH3 is 1. The molecule has 354 valence electrons. The lowest BCUT2D eigenvalue weighted by Gasteiger charge is -2.30. The number of carboxylic acids is 1. The average molecular weight is 962 g/mol. The van der Waals surface area contributed by atoms with Crippen molar-refractivity contribution in [2.45, 2.75) is 113 Å². The fraction of sp³-hybridized carbons (Fsp3) is 0.360. The summed E-state index contributed by atoms with van der Waals surface area (Å²) in [6.45, 7) is 20.4. The lowest BCUT2D eigenvalue weighted by molar-refractivity contribution is -0.164. The van der Waals surface area contributed by atoms with E-state index >= 15 is 0 Å². The minimum absolute atomic E-state index is 0. The summed E-state index contributed by atoms with van der Waals surface area (Å²) in [5.74, 6) is -0.102. The van der Waals surface area contributed by atoms with E-state index in [4.69, 9.17) is 37.4 Å². The molecule has 16 nitrogen and oxygen atoms in total. The first-order valence-corrected chi connectivity index (χ1v) is 22.5. The Kier molecular flexibility index (Phi) is 12.4. The number of nitrogens with zero attached hydrogens (tertiary/aromatic N) is 10. The summed E-state index contributed by atoms with van der Waals surface area (Å²) in [5, 5.41) is 38.1. The standard InChI is InChI=1S/C25H26ClN5O3.C24H24ClN5O3.CH4/c1-13-11-17-20(15-7-9-16(26)10-8-15)19(23(24(32)33-6)34-25(3,4)5)14(2)21-22(17)30(13)12-18-27-28-29-31(18)21;1-12-10-16-19(14-6-8-15(25)9-7-14)18(22(23(31)32)33-24(3,4)5)13(2)20-21(16)29(12)11-17-26-27-28-30(17)20;/h7-11,23H,12H2,1-6H3;6-10,22H,11H2,1-5H3,(H,31,32);1H4/t23-;22-;/m00./s1. The molecular formula is C50H54Cl2N10O6. The summed E-state index contributed by atoms with van der Waals surface area (Å²) in [6.07, 6.45) is -2.15. The second-order valence-corrected chi connectivity index (χ2v) is 19.8. The van der Waals surface area contributed by atoms with Gasteiger partial charge >= 0.3 is 11.9 Å². The smallest absolute Gasteiger partial charge is 0.339 e. The number of benzene rings is 4. The van der Waals surface area contributed by atoms with Crippen LogP contribution >= 0.6 is 23.2 Å². The molecule has 0 aliphatic carbocycles. The van der Waals surface area contributed by atoms with Crippen molar-refractivity contribution in [3.05, 3.63) is 116 Å². The van der Waals surface area contributed by atoms with E-state index in [1.807, 2.05) is 111 Å². The highest BCUT2D eigenvalue weighted by molar-refractivity contribution is 6.31. The number of carboxylic acid groups (broad SMARTS) is 1. The monoisotopic (exact) mass is 960 g/mol. The van der Waals surface area contributed by atoms with Crippen LogP contribution in [-0.2, 0) is 36.9 Å². The largest absolute Gasteiger partial charge is 0.479 e. The summed E-state index contributed by atoms with van der Waals surface area (Å²) in [5.41, 5.74) is 10.9. The number of aryl methyl sites for hydroxylation is 2. The Morgan fingerprint density at radius 2 is 1.03 bits per heavy atom. The maximum atomic E-state index is 13.2. The topological polar surface area (TPSA) is 179 Å². The number of aliphatic carboxylic acids is 1. The van der Waals surface area contributed by atoms with Crippen molar-refractivity contribution < 1.29 is 28.9 Å². The second kappa shape index (κ2) is 17.6. The summed E-state index contributed by atoms with van der Waals surface area (Å²) in [6, 6.07) is 19.3. The number of carbonyl (C=O) groups excluding carboxylic acids is 1. The van der Waals surface area contributed by atoms with E-state index < -0.39 is 35.3 Å². The van der Waals surface area contributed by atoms with Crippen molar-refractivity contribution in [1.82, 2.24) is 49.5 Å². The molecule has 10 rings (SSSR count). The predicted octanol–water partition coefficient (Wildman–Crippen LogP) is 10.4. The van der Waals surface area contributed by atoms with E-state index in [0.717, 1.165) is 89.3 Å².